The zero-order chi connectivity index (χ0) is 28.5. The van der Waals surface area contributed by atoms with Gasteiger partial charge in [0, 0.05) is 56.4 Å². The fourth-order valence-electron chi connectivity index (χ4n) is 5.11. The van der Waals surface area contributed by atoms with Gasteiger partial charge in [0.2, 0.25) is 0 Å². The number of likely N-dealkylation sites (tertiary alicyclic amines) is 1. The summed E-state index contributed by atoms with van der Waals surface area (Å²) in [6, 6.07) is 7.72. The van der Waals surface area contributed by atoms with E-state index in [1.54, 1.807) is 4.90 Å². The molecule has 5 rings (SSSR count). The molecule has 3 fully saturated rings. The van der Waals surface area contributed by atoms with Gasteiger partial charge >= 0.3 is 6.09 Å². The van der Waals surface area contributed by atoms with Crippen molar-refractivity contribution in [2.75, 3.05) is 54.9 Å². The molecule has 2 aromatic rings. The van der Waals surface area contributed by atoms with E-state index in [1.165, 1.54) is 0 Å². The normalized spacial score (nSPS) is 20.6. The van der Waals surface area contributed by atoms with E-state index in [1.807, 2.05) is 45.0 Å². The topological polar surface area (TPSA) is 144 Å². The van der Waals surface area contributed by atoms with Crippen LogP contribution in [-0.2, 0) is 14.2 Å². The summed E-state index contributed by atoms with van der Waals surface area (Å²) in [6.07, 6.45) is 1.95. The highest BCUT2D eigenvalue weighted by Crippen LogP contribution is 2.34. The lowest BCUT2D eigenvalue weighted by atomic mass is 10.0. The molecule has 1 atom stereocenters. The van der Waals surface area contributed by atoms with Crippen LogP contribution in [0.4, 0.5) is 27.8 Å². The molecule has 3 aliphatic rings. The molecule has 3 aliphatic heterocycles. The summed E-state index contributed by atoms with van der Waals surface area (Å²) in [7, 11) is 0. The number of hydrogen-bond acceptors (Lipinski definition) is 10. The molecule has 13 heteroatoms. The molecule has 0 radical (unpaired) electrons. The second kappa shape index (κ2) is 11.3. The number of piperidine rings is 1. The fourth-order valence-corrected chi connectivity index (χ4v) is 5.29. The van der Waals surface area contributed by atoms with E-state index in [4.69, 9.17) is 31.5 Å². The molecule has 4 N–H and O–H groups in total. The zero-order valence-electron chi connectivity index (χ0n) is 23.0. The van der Waals surface area contributed by atoms with Gasteiger partial charge in [0.1, 0.15) is 5.60 Å². The Kier molecular flexibility index (Phi) is 7.94. The van der Waals surface area contributed by atoms with Crippen LogP contribution in [0.25, 0.3) is 0 Å². The van der Waals surface area contributed by atoms with Gasteiger partial charge in [-0.3, -0.25) is 4.79 Å². The number of ether oxygens (including phenoxy) is 3. The van der Waals surface area contributed by atoms with E-state index in [0.717, 1.165) is 31.6 Å². The maximum atomic E-state index is 12.4. The average molecular weight is 574 g/mol. The third-order valence-corrected chi connectivity index (χ3v) is 7.36. The molecule has 0 aliphatic carbocycles. The molecule has 0 saturated carbocycles. The SMILES string of the molecule is CC(C)(C)OC(=O)N1CC[C@@H](Nc2nc(Nc3ccc(N4CCC5(CC4)OCCO5)cc3)c(C(N)=O)nc2Cl)C1. The predicted molar refractivity (Wildman–Crippen MR) is 151 cm³/mol. The minimum Gasteiger partial charge on any atom is -0.444 e. The molecule has 3 saturated heterocycles. The number of aromatic nitrogens is 2. The van der Waals surface area contributed by atoms with Gasteiger partial charge in [-0.1, -0.05) is 11.6 Å². The van der Waals surface area contributed by atoms with Gasteiger partial charge in [-0.05, 0) is 51.5 Å². The van der Waals surface area contributed by atoms with E-state index in [2.05, 4.69) is 25.5 Å². The van der Waals surface area contributed by atoms with E-state index in [-0.39, 0.29) is 28.8 Å². The Bertz CT molecular complexity index is 1240. The molecule has 12 nitrogen and oxygen atoms in total. The van der Waals surface area contributed by atoms with E-state index in [0.29, 0.717) is 44.2 Å². The lowest BCUT2D eigenvalue weighted by Crippen LogP contribution is -2.45. The molecular formula is C27H36ClN7O5. The Morgan fingerprint density at radius 1 is 1.07 bits per heavy atom. The zero-order valence-corrected chi connectivity index (χ0v) is 23.8. The molecule has 40 heavy (non-hydrogen) atoms. The monoisotopic (exact) mass is 573 g/mol. The second-order valence-corrected chi connectivity index (χ2v) is 11.6. The van der Waals surface area contributed by atoms with Crippen molar-refractivity contribution < 1.29 is 23.8 Å². The Morgan fingerprint density at radius 3 is 2.38 bits per heavy atom. The van der Waals surface area contributed by atoms with Gasteiger partial charge in [0.15, 0.2) is 28.3 Å². The summed E-state index contributed by atoms with van der Waals surface area (Å²) in [5.74, 6) is -0.699. The largest absolute Gasteiger partial charge is 0.444 e. The molecule has 216 valence electrons. The van der Waals surface area contributed by atoms with Crippen molar-refractivity contribution in [3.05, 3.63) is 35.1 Å². The number of anilines is 4. The van der Waals surface area contributed by atoms with E-state index in [9.17, 15) is 9.59 Å². The number of nitrogens with zero attached hydrogens (tertiary/aromatic N) is 4. The maximum absolute atomic E-state index is 12.4. The highest BCUT2D eigenvalue weighted by Gasteiger charge is 2.39. The van der Waals surface area contributed by atoms with Gasteiger partial charge in [0.05, 0.1) is 13.2 Å². The first-order valence-corrected chi connectivity index (χ1v) is 13.9. The first-order valence-electron chi connectivity index (χ1n) is 13.5. The first-order chi connectivity index (χ1) is 19.0. The minimum absolute atomic E-state index is 0.0171. The molecule has 1 aromatic carbocycles. The fraction of sp³-hybridized carbons (Fsp3) is 0.556. The van der Waals surface area contributed by atoms with E-state index < -0.39 is 17.3 Å². The summed E-state index contributed by atoms with van der Waals surface area (Å²) >= 11 is 6.36. The van der Waals surface area contributed by atoms with Crippen LogP contribution in [0, 0.1) is 0 Å². The maximum Gasteiger partial charge on any atom is 0.410 e. The third-order valence-electron chi connectivity index (χ3n) is 7.10. The number of hydrogen-bond donors (Lipinski definition) is 3. The number of carbonyl (C=O) groups is 2. The number of halogens is 1. The Balaban J connectivity index is 1.25. The highest BCUT2D eigenvalue weighted by molar-refractivity contribution is 6.32. The second-order valence-electron chi connectivity index (χ2n) is 11.2. The predicted octanol–water partition coefficient (Wildman–Crippen LogP) is 3.74. The Morgan fingerprint density at radius 2 is 1.75 bits per heavy atom. The van der Waals surface area contributed by atoms with Crippen LogP contribution in [0.2, 0.25) is 5.15 Å². The van der Waals surface area contributed by atoms with Crippen molar-refractivity contribution in [1.29, 1.82) is 0 Å². The van der Waals surface area contributed by atoms with Crippen molar-refractivity contribution in [2.45, 2.75) is 57.5 Å². The molecule has 0 unspecified atom stereocenters. The van der Waals surface area contributed by atoms with E-state index >= 15 is 0 Å². The lowest BCUT2D eigenvalue weighted by Gasteiger charge is -2.38. The van der Waals surface area contributed by atoms with Gasteiger partial charge < -0.3 is 40.4 Å². The molecule has 1 aromatic heterocycles. The van der Waals surface area contributed by atoms with Crippen molar-refractivity contribution in [3.63, 3.8) is 0 Å². The van der Waals surface area contributed by atoms with Gasteiger partial charge in [-0.15, -0.1) is 0 Å². The number of nitrogens with one attached hydrogen (secondary N) is 2. The Labute approximate surface area is 238 Å². The molecule has 4 heterocycles. The van der Waals surface area contributed by atoms with Gasteiger partial charge in [-0.25, -0.2) is 14.8 Å². The minimum atomic E-state index is -0.754. The lowest BCUT2D eigenvalue weighted by molar-refractivity contribution is -0.169. The number of nitrogens with two attached hydrogens (primary N) is 1. The quantitative estimate of drug-likeness (QED) is 0.467. The number of rotatable bonds is 6. The van der Waals surface area contributed by atoms with Gasteiger partial charge in [-0.2, -0.15) is 0 Å². The number of primary amides is 1. The summed E-state index contributed by atoms with van der Waals surface area (Å²) in [5.41, 5.74) is 6.72. The number of carbonyl (C=O) groups excluding carboxylic acids is 2. The van der Waals surface area contributed by atoms with Crippen LogP contribution < -0.4 is 21.3 Å². The summed E-state index contributed by atoms with van der Waals surface area (Å²) in [4.78, 5) is 37.2. The van der Waals surface area contributed by atoms with Crippen molar-refractivity contribution in [1.82, 2.24) is 14.9 Å². The van der Waals surface area contributed by atoms with Crippen molar-refractivity contribution in [3.8, 4) is 0 Å². The molecular weight excluding hydrogens is 538 g/mol. The van der Waals surface area contributed by atoms with Crippen LogP contribution in [0.15, 0.2) is 24.3 Å². The van der Waals surface area contributed by atoms with Crippen molar-refractivity contribution in [2.24, 2.45) is 5.73 Å². The van der Waals surface area contributed by atoms with Crippen LogP contribution in [0.1, 0.15) is 50.5 Å². The highest BCUT2D eigenvalue weighted by atomic mass is 35.5. The summed E-state index contributed by atoms with van der Waals surface area (Å²) < 4.78 is 17.1. The smallest absolute Gasteiger partial charge is 0.410 e. The number of amides is 2. The summed E-state index contributed by atoms with van der Waals surface area (Å²) in [5, 5.41) is 6.42. The van der Waals surface area contributed by atoms with Crippen molar-refractivity contribution >= 4 is 46.6 Å². The van der Waals surface area contributed by atoms with Crippen LogP contribution >= 0.6 is 11.6 Å². The van der Waals surface area contributed by atoms with Crippen LogP contribution in [0.3, 0.4) is 0 Å². The van der Waals surface area contributed by atoms with Crippen LogP contribution in [-0.4, -0.2) is 83.7 Å². The summed E-state index contributed by atoms with van der Waals surface area (Å²) in [6.45, 7) is 9.43. The molecule has 1 spiro atoms. The van der Waals surface area contributed by atoms with Crippen LogP contribution in [0.5, 0.6) is 0 Å². The third kappa shape index (κ3) is 6.51. The van der Waals surface area contributed by atoms with Gasteiger partial charge in [0.25, 0.3) is 5.91 Å². The Hall–Kier alpha value is -3.35. The first kappa shape index (κ1) is 28.2. The molecule has 2 amide bonds. The standard InChI is InChI=1S/C27H36ClN7O5/c1-26(2,3)40-25(37)35-11-8-18(16-35)31-24-21(28)32-20(22(29)36)23(33-24)30-17-4-6-19(7-5-17)34-12-9-27(10-13-34)38-14-15-39-27/h4-7,18H,8-16H2,1-3H3,(H2,29,36)(H2,30,31,33)/t18-/m1/s1. The average Bonchev–Trinajstić information content (AvgIpc) is 3.56. The number of benzene rings is 1. The molecule has 0 bridgehead atoms.